The highest BCUT2D eigenvalue weighted by Crippen LogP contribution is 2.28. The molecule has 1 amide bonds. The van der Waals surface area contributed by atoms with E-state index in [0.29, 0.717) is 36.8 Å². The summed E-state index contributed by atoms with van der Waals surface area (Å²) < 4.78 is 12.6. The van der Waals surface area contributed by atoms with Crippen LogP contribution in [-0.2, 0) is 17.6 Å². The molecule has 9 heteroatoms. The van der Waals surface area contributed by atoms with Crippen molar-refractivity contribution in [3.8, 4) is 11.5 Å². The number of anilines is 1. The number of amides is 1. The number of benzene rings is 1. The number of fused-ring (bicyclic) bond motifs is 1. The first-order valence-electron chi connectivity index (χ1n) is 10.5. The Morgan fingerprint density at radius 2 is 1.77 bits per heavy atom. The van der Waals surface area contributed by atoms with Crippen molar-refractivity contribution in [1.29, 1.82) is 0 Å². The first-order chi connectivity index (χ1) is 15.0. The van der Waals surface area contributed by atoms with Gasteiger partial charge in [0, 0.05) is 44.4 Å². The maximum Gasteiger partial charge on any atom is 0.257 e. The van der Waals surface area contributed by atoms with Crippen LogP contribution in [0.25, 0.3) is 5.78 Å². The van der Waals surface area contributed by atoms with Crippen LogP contribution in [0.2, 0.25) is 0 Å². The molecule has 0 aliphatic carbocycles. The Bertz CT molecular complexity index is 1090. The predicted octanol–water partition coefficient (Wildman–Crippen LogP) is 1.90. The Morgan fingerprint density at radius 1 is 1.03 bits per heavy atom. The standard InChI is InChI=1S/C22H28N6O3/c1-5-19-24-25-22-23-20(12-15(2)28(19)22)26-8-10-27(11-9-26)21(29)14-16-6-7-17(30-3)18(13-16)31-4/h6-7,12-13H,5,8-11,14H2,1-4H3. The van der Waals surface area contributed by atoms with Gasteiger partial charge in [0.05, 0.1) is 20.6 Å². The van der Waals surface area contributed by atoms with Crippen molar-refractivity contribution in [2.75, 3.05) is 45.3 Å². The summed E-state index contributed by atoms with van der Waals surface area (Å²) in [6.45, 7) is 6.88. The number of piperazine rings is 1. The van der Waals surface area contributed by atoms with Crippen molar-refractivity contribution >= 4 is 17.5 Å². The summed E-state index contributed by atoms with van der Waals surface area (Å²) >= 11 is 0. The molecule has 0 N–H and O–H groups in total. The smallest absolute Gasteiger partial charge is 0.257 e. The number of methoxy groups -OCH3 is 2. The van der Waals surface area contributed by atoms with Crippen LogP contribution in [0.5, 0.6) is 11.5 Å². The maximum atomic E-state index is 12.8. The Morgan fingerprint density at radius 3 is 2.45 bits per heavy atom. The second-order valence-electron chi connectivity index (χ2n) is 7.59. The monoisotopic (exact) mass is 424 g/mol. The van der Waals surface area contributed by atoms with Crippen molar-refractivity contribution in [2.24, 2.45) is 0 Å². The zero-order valence-corrected chi connectivity index (χ0v) is 18.5. The van der Waals surface area contributed by atoms with Gasteiger partial charge in [-0.25, -0.2) is 0 Å². The number of aryl methyl sites for hydroxylation is 2. The van der Waals surface area contributed by atoms with Crippen LogP contribution in [0.3, 0.4) is 0 Å². The predicted molar refractivity (Wildman–Crippen MR) is 117 cm³/mol. The highest BCUT2D eigenvalue weighted by atomic mass is 16.5. The maximum absolute atomic E-state index is 12.8. The van der Waals surface area contributed by atoms with E-state index in [1.165, 1.54) is 0 Å². The molecule has 0 unspecified atom stereocenters. The van der Waals surface area contributed by atoms with Crippen molar-refractivity contribution in [1.82, 2.24) is 24.5 Å². The fraction of sp³-hybridized carbons (Fsp3) is 0.455. The van der Waals surface area contributed by atoms with E-state index in [9.17, 15) is 4.79 Å². The van der Waals surface area contributed by atoms with E-state index >= 15 is 0 Å². The minimum absolute atomic E-state index is 0.108. The van der Waals surface area contributed by atoms with E-state index in [-0.39, 0.29) is 5.91 Å². The molecule has 4 rings (SSSR count). The highest BCUT2D eigenvalue weighted by Gasteiger charge is 2.23. The molecule has 2 aromatic heterocycles. The molecule has 31 heavy (non-hydrogen) atoms. The normalized spacial score (nSPS) is 14.2. The number of hydrogen-bond acceptors (Lipinski definition) is 7. The van der Waals surface area contributed by atoms with Gasteiger partial charge in [0.2, 0.25) is 5.91 Å². The minimum Gasteiger partial charge on any atom is -0.493 e. The first kappa shape index (κ1) is 20.9. The Hall–Kier alpha value is -3.36. The molecule has 0 spiro atoms. The third kappa shape index (κ3) is 4.12. The third-order valence-corrected chi connectivity index (χ3v) is 5.69. The van der Waals surface area contributed by atoms with Gasteiger partial charge in [0.15, 0.2) is 11.5 Å². The molecule has 0 atom stereocenters. The van der Waals surface area contributed by atoms with Gasteiger partial charge < -0.3 is 19.3 Å². The summed E-state index contributed by atoms with van der Waals surface area (Å²) in [6.07, 6.45) is 1.15. The largest absolute Gasteiger partial charge is 0.493 e. The second kappa shape index (κ2) is 8.79. The fourth-order valence-electron chi connectivity index (χ4n) is 3.98. The quantitative estimate of drug-likeness (QED) is 0.597. The van der Waals surface area contributed by atoms with Gasteiger partial charge in [0.1, 0.15) is 11.6 Å². The van der Waals surface area contributed by atoms with Crippen LogP contribution >= 0.6 is 0 Å². The minimum atomic E-state index is 0.108. The molecule has 0 saturated carbocycles. The summed E-state index contributed by atoms with van der Waals surface area (Å²) in [6, 6.07) is 7.66. The zero-order valence-electron chi connectivity index (χ0n) is 18.5. The van der Waals surface area contributed by atoms with Gasteiger partial charge in [-0.05, 0) is 24.6 Å². The van der Waals surface area contributed by atoms with Crippen LogP contribution in [0.4, 0.5) is 5.82 Å². The number of nitrogens with zero attached hydrogens (tertiary/aromatic N) is 6. The lowest BCUT2D eigenvalue weighted by Gasteiger charge is -2.35. The van der Waals surface area contributed by atoms with Crippen LogP contribution in [0.1, 0.15) is 24.0 Å². The summed E-state index contributed by atoms with van der Waals surface area (Å²) in [5.41, 5.74) is 1.97. The van der Waals surface area contributed by atoms with E-state index in [0.717, 1.165) is 42.4 Å². The Balaban J connectivity index is 1.40. The van der Waals surface area contributed by atoms with Crippen LogP contribution < -0.4 is 14.4 Å². The van der Waals surface area contributed by atoms with Crippen molar-refractivity contribution in [2.45, 2.75) is 26.7 Å². The van der Waals surface area contributed by atoms with Crippen molar-refractivity contribution in [3.05, 3.63) is 41.3 Å². The lowest BCUT2D eigenvalue weighted by atomic mass is 10.1. The topological polar surface area (TPSA) is 85.1 Å². The summed E-state index contributed by atoms with van der Waals surface area (Å²) in [5, 5.41) is 8.44. The van der Waals surface area contributed by atoms with E-state index < -0.39 is 0 Å². The molecule has 1 aromatic carbocycles. The van der Waals surface area contributed by atoms with E-state index in [2.05, 4.69) is 33.1 Å². The van der Waals surface area contributed by atoms with Gasteiger partial charge in [0.25, 0.3) is 5.78 Å². The lowest BCUT2D eigenvalue weighted by Crippen LogP contribution is -2.49. The van der Waals surface area contributed by atoms with Gasteiger partial charge >= 0.3 is 0 Å². The number of carbonyl (C=O) groups is 1. The second-order valence-corrected chi connectivity index (χ2v) is 7.59. The molecule has 3 aromatic rings. The number of aromatic nitrogens is 4. The van der Waals surface area contributed by atoms with Crippen LogP contribution in [-0.4, -0.2) is 70.8 Å². The van der Waals surface area contributed by atoms with Crippen molar-refractivity contribution < 1.29 is 14.3 Å². The molecule has 1 saturated heterocycles. The molecule has 9 nitrogen and oxygen atoms in total. The molecule has 164 valence electrons. The van der Waals surface area contributed by atoms with Gasteiger partial charge in [-0.15, -0.1) is 10.2 Å². The zero-order chi connectivity index (χ0) is 22.0. The van der Waals surface area contributed by atoms with Crippen LogP contribution in [0.15, 0.2) is 24.3 Å². The van der Waals surface area contributed by atoms with Crippen LogP contribution in [0, 0.1) is 6.92 Å². The summed E-state index contributed by atoms with van der Waals surface area (Å²) in [5.74, 6) is 3.82. The van der Waals surface area contributed by atoms with E-state index in [1.807, 2.05) is 34.4 Å². The average molecular weight is 425 g/mol. The third-order valence-electron chi connectivity index (χ3n) is 5.69. The highest BCUT2D eigenvalue weighted by molar-refractivity contribution is 5.79. The first-order valence-corrected chi connectivity index (χ1v) is 10.5. The fourth-order valence-corrected chi connectivity index (χ4v) is 3.98. The molecule has 1 fully saturated rings. The SMILES string of the molecule is CCc1nnc2nc(N3CCN(C(=O)Cc4ccc(OC)c(OC)c4)CC3)cc(C)n12. The Labute approximate surface area is 181 Å². The summed E-state index contributed by atoms with van der Waals surface area (Å²) in [4.78, 5) is 21.6. The van der Waals surface area contributed by atoms with E-state index in [1.54, 1.807) is 14.2 Å². The molecule has 0 bridgehead atoms. The molecular formula is C22H28N6O3. The number of rotatable bonds is 6. The molecule has 1 aliphatic heterocycles. The molecule has 0 radical (unpaired) electrons. The van der Waals surface area contributed by atoms with Gasteiger partial charge in [-0.2, -0.15) is 4.98 Å². The lowest BCUT2D eigenvalue weighted by molar-refractivity contribution is -0.130. The van der Waals surface area contributed by atoms with E-state index in [4.69, 9.17) is 9.47 Å². The number of ether oxygens (including phenoxy) is 2. The summed E-state index contributed by atoms with van der Waals surface area (Å²) in [7, 11) is 3.19. The molecule has 1 aliphatic rings. The molecular weight excluding hydrogens is 396 g/mol. The number of carbonyl (C=O) groups excluding carboxylic acids is 1. The van der Waals surface area contributed by atoms with Gasteiger partial charge in [-0.1, -0.05) is 13.0 Å². The Kier molecular flexibility index (Phi) is 5.92. The van der Waals surface area contributed by atoms with Gasteiger partial charge in [-0.3, -0.25) is 9.20 Å². The van der Waals surface area contributed by atoms with Crippen molar-refractivity contribution in [3.63, 3.8) is 0 Å². The average Bonchev–Trinajstić information content (AvgIpc) is 3.22. The number of hydrogen-bond donors (Lipinski definition) is 0. The molecule has 3 heterocycles.